The first-order valence-corrected chi connectivity index (χ1v) is 7.55. The molecule has 0 aliphatic rings. The summed E-state index contributed by atoms with van der Waals surface area (Å²) in [4.78, 5) is 0. The van der Waals surface area contributed by atoms with E-state index >= 15 is 0 Å². The molecule has 0 aliphatic heterocycles. The Bertz CT molecular complexity index is 572. The molecular weight excluding hydrogens is 370 g/mol. The molecule has 0 aromatic heterocycles. The van der Waals surface area contributed by atoms with E-state index in [1.54, 1.807) is 7.11 Å². The minimum atomic E-state index is 0.210. The smallest absolute Gasteiger partial charge is 0.135 e. The van der Waals surface area contributed by atoms with Gasteiger partial charge < -0.3 is 10.1 Å². The molecule has 0 spiro atoms. The van der Waals surface area contributed by atoms with Gasteiger partial charge in [-0.3, -0.25) is 0 Å². The zero-order chi connectivity index (χ0) is 13.8. The number of benzene rings is 2. The highest BCUT2D eigenvalue weighted by Gasteiger charge is 2.09. The molecule has 0 radical (unpaired) electrons. The van der Waals surface area contributed by atoms with E-state index in [9.17, 15) is 0 Å². The van der Waals surface area contributed by atoms with Gasteiger partial charge in [0.25, 0.3) is 0 Å². The van der Waals surface area contributed by atoms with Crippen LogP contribution in [0, 0.1) is 0 Å². The summed E-state index contributed by atoms with van der Waals surface area (Å²) in [6.45, 7) is 2.13. The van der Waals surface area contributed by atoms with E-state index in [1.807, 2.05) is 30.3 Å². The Hall–Kier alpha value is -1.000. The third-order valence-corrected chi connectivity index (χ3v) is 4.28. The average Bonchev–Trinajstić information content (AvgIpc) is 2.41. The molecule has 0 heterocycles. The van der Waals surface area contributed by atoms with Crippen molar-refractivity contribution in [2.24, 2.45) is 0 Å². The number of hydrogen-bond donors (Lipinski definition) is 1. The summed E-state index contributed by atoms with van der Waals surface area (Å²) in [5.74, 6) is 0.823. The fraction of sp³-hybridized carbons (Fsp3) is 0.200. The van der Waals surface area contributed by atoms with Crippen LogP contribution in [0.15, 0.2) is 51.4 Å². The normalized spacial score (nSPS) is 12.0. The van der Waals surface area contributed by atoms with Crippen molar-refractivity contribution in [2.45, 2.75) is 13.0 Å². The standard InChI is InChI=1S/C15H15Br2NO/c1-10(12-5-3-4-6-13(12)16)18-11-7-8-14(17)15(9-11)19-2/h3-10,18H,1-2H3. The van der Waals surface area contributed by atoms with Crippen molar-refractivity contribution in [1.82, 2.24) is 0 Å². The van der Waals surface area contributed by atoms with Crippen LogP contribution in [0.25, 0.3) is 0 Å². The van der Waals surface area contributed by atoms with Crippen LogP contribution in [-0.2, 0) is 0 Å². The largest absolute Gasteiger partial charge is 0.495 e. The summed E-state index contributed by atoms with van der Waals surface area (Å²) < 4.78 is 7.36. The van der Waals surface area contributed by atoms with Crippen molar-refractivity contribution in [1.29, 1.82) is 0 Å². The summed E-state index contributed by atoms with van der Waals surface area (Å²) in [6.07, 6.45) is 0. The molecule has 19 heavy (non-hydrogen) atoms. The van der Waals surface area contributed by atoms with Crippen LogP contribution in [0.1, 0.15) is 18.5 Å². The fourth-order valence-corrected chi connectivity index (χ4v) is 2.94. The van der Waals surface area contributed by atoms with Crippen LogP contribution in [0.3, 0.4) is 0 Å². The van der Waals surface area contributed by atoms with E-state index in [2.05, 4.69) is 56.2 Å². The number of halogens is 2. The van der Waals surface area contributed by atoms with Gasteiger partial charge in [-0.2, -0.15) is 0 Å². The molecule has 1 N–H and O–H groups in total. The maximum atomic E-state index is 5.30. The predicted molar refractivity (Wildman–Crippen MR) is 86.9 cm³/mol. The van der Waals surface area contributed by atoms with Crippen LogP contribution >= 0.6 is 31.9 Å². The molecule has 2 aromatic rings. The van der Waals surface area contributed by atoms with Crippen molar-refractivity contribution in [3.63, 3.8) is 0 Å². The van der Waals surface area contributed by atoms with Gasteiger partial charge in [0.2, 0.25) is 0 Å². The number of methoxy groups -OCH3 is 1. The molecule has 2 nitrogen and oxygen atoms in total. The topological polar surface area (TPSA) is 21.3 Å². The first-order chi connectivity index (χ1) is 9.11. The van der Waals surface area contributed by atoms with Crippen LogP contribution in [-0.4, -0.2) is 7.11 Å². The lowest BCUT2D eigenvalue weighted by Crippen LogP contribution is -2.07. The van der Waals surface area contributed by atoms with Crippen LogP contribution < -0.4 is 10.1 Å². The van der Waals surface area contributed by atoms with Gasteiger partial charge in [-0.05, 0) is 46.6 Å². The van der Waals surface area contributed by atoms with E-state index < -0.39 is 0 Å². The summed E-state index contributed by atoms with van der Waals surface area (Å²) in [7, 11) is 1.67. The molecule has 0 amide bonds. The molecule has 2 aromatic carbocycles. The van der Waals surface area contributed by atoms with Crippen molar-refractivity contribution in [3.8, 4) is 5.75 Å². The molecule has 4 heteroatoms. The molecule has 0 aliphatic carbocycles. The quantitative estimate of drug-likeness (QED) is 0.762. The number of ether oxygens (including phenoxy) is 1. The third-order valence-electron chi connectivity index (χ3n) is 2.91. The average molecular weight is 385 g/mol. The molecule has 0 fully saturated rings. The summed E-state index contributed by atoms with van der Waals surface area (Å²) in [5.41, 5.74) is 2.26. The van der Waals surface area contributed by atoms with E-state index in [1.165, 1.54) is 5.56 Å². The minimum Gasteiger partial charge on any atom is -0.495 e. The summed E-state index contributed by atoms with van der Waals surface area (Å²) >= 11 is 7.03. The molecule has 2 rings (SSSR count). The Morgan fingerprint density at radius 1 is 1.05 bits per heavy atom. The second-order valence-corrected chi connectivity index (χ2v) is 5.95. The third kappa shape index (κ3) is 3.51. The molecule has 0 saturated heterocycles. The van der Waals surface area contributed by atoms with Crippen LogP contribution in [0.4, 0.5) is 5.69 Å². The maximum absolute atomic E-state index is 5.30. The number of rotatable bonds is 4. The SMILES string of the molecule is COc1cc(NC(C)c2ccccc2Br)ccc1Br. The molecule has 0 saturated carbocycles. The monoisotopic (exact) mass is 383 g/mol. The molecule has 100 valence electrons. The van der Waals surface area contributed by atoms with E-state index in [4.69, 9.17) is 4.74 Å². The van der Waals surface area contributed by atoms with Crippen molar-refractivity contribution in [3.05, 3.63) is 57.0 Å². The van der Waals surface area contributed by atoms with E-state index in [-0.39, 0.29) is 6.04 Å². The molecule has 0 bridgehead atoms. The molecule has 1 atom stereocenters. The Morgan fingerprint density at radius 3 is 2.47 bits per heavy atom. The zero-order valence-electron chi connectivity index (χ0n) is 10.8. The van der Waals surface area contributed by atoms with Gasteiger partial charge in [0.15, 0.2) is 0 Å². The summed E-state index contributed by atoms with van der Waals surface area (Å²) in [6, 6.07) is 14.4. The number of nitrogens with one attached hydrogen (secondary N) is 1. The highest BCUT2D eigenvalue weighted by molar-refractivity contribution is 9.10. The Kier molecular flexibility index (Phi) is 4.88. The van der Waals surface area contributed by atoms with Crippen molar-refractivity contribution in [2.75, 3.05) is 12.4 Å². The first-order valence-electron chi connectivity index (χ1n) is 5.96. The Balaban J connectivity index is 2.19. The van der Waals surface area contributed by atoms with Gasteiger partial charge in [0.1, 0.15) is 5.75 Å². The second-order valence-electron chi connectivity index (χ2n) is 4.24. The Morgan fingerprint density at radius 2 is 1.79 bits per heavy atom. The predicted octanol–water partition coefficient (Wildman–Crippen LogP) is 5.39. The van der Waals surface area contributed by atoms with Crippen molar-refractivity contribution >= 4 is 37.5 Å². The lowest BCUT2D eigenvalue weighted by Gasteiger charge is -2.18. The van der Waals surface area contributed by atoms with Gasteiger partial charge in [-0.1, -0.05) is 34.1 Å². The van der Waals surface area contributed by atoms with Gasteiger partial charge in [-0.25, -0.2) is 0 Å². The van der Waals surface area contributed by atoms with Gasteiger partial charge >= 0.3 is 0 Å². The number of hydrogen-bond acceptors (Lipinski definition) is 2. The molecular formula is C15H15Br2NO. The maximum Gasteiger partial charge on any atom is 0.135 e. The highest BCUT2D eigenvalue weighted by Crippen LogP contribution is 2.31. The van der Waals surface area contributed by atoms with Gasteiger partial charge in [-0.15, -0.1) is 0 Å². The lowest BCUT2D eigenvalue weighted by atomic mass is 10.1. The first kappa shape index (κ1) is 14.4. The van der Waals surface area contributed by atoms with E-state index in [0.717, 1.165) is 20.4 Å². The van der Waals surface area contributed by atoms with Gasteiger partial charge in [0, 0.05) is 22.3 Å². The fourth-order valence-electron chi connectivity index (χ4n) is 1.90. The van der Waals surface area contributed by atoms with Crippen molar-refractivity contribution < 1.29 is 4.74 Å². The number of anilines is 1. The zero-order valence-corrected chi connectivity index (χ0v) is 14.0. The minimum absolute atomic E-state index is 0.210. The van der Waals surface area contributed by atoms with Gasteiger partial charge in [0.05, 0.1) is 11.6 Å². The van der Waals surface area contributed by atoms with Crippen LogP contribution in [0.5, 0.6) is 5.75 Å². The Labute approximate surface area is 130 Å². The molecule has 1 unspecified atom stereocenters. The van der Waals surface area contributed by atoms with E-state index in [0.29, 0.717) is 0 Å². The van der Waals surface area contributed by atoms with Crippen LogP contribution in [0.2, 0.25) is 0 Å². The lowest BCUT2D eigenvalue weighted by molar-refractivity contribution is 0.412. The highest BCUT2D eigenvalue weighted by atomic mass is 79.9. The second kappa shape index (κ2) is 6.44. The summed E-state index contributed by atoms with van der Waals surface area (Å²) in [5, 5.41) is 3.47.